The van der Waals surface area contributed by atoms with E-state index in [4.69, 9.17) is 23.2 Å². The van der Waals surface area contributed by atoms with Crippen molar-refractivity contribution >= 4 is 58.8 Å². The number of amides is 2. The van der Waals surface area contributed by atoms with Gasteiger partial charge in [0.2, 0.25) is 11.8 Å². The van der Waals surface area contributed by atoms with Crippen LogP contribution in [0.25, 0.3) is 6.08 Å². The number of methoxy groups -OCH3 is 1. The van der Waals surface area contributed by atoms with Crippen molar-refractivity contribution in [3.05, 3.63) is 33.8 Å². The first-order valence-electron chi connectivity index (χ1n) is 10.2. The van der Waals surface area contributed by atoms with E-state index < -0.39 is 12.0 Å². The molecular weight excluding hydrogens is 459 g/mol. The number of halogens is 2. The predicted octanol–water partition coefficient (Wildman–Crippen LogP) is 4.43. The van der Waals surface area contributed by atoms with Crippen molar-refractivity contribution in [3.8, 4) is 0 Å². The summed E-state index contributed by atoms with van der Waals surface area (Å²) in [5, 5.41) is 3.59. The van der Waals surface area contributed by atoms with Gasteiger partial charge in [0.15, 0.2) is 0 Å². The molecule has 0 spiro atoms. The minimum Gasteiger partial charge on any atom is -0.467 e. The molecule has 1 saturated heterocycles. The molecule has 2 amide bonds. The number of piperidine rings is 1. The number of esters is 1. The van der Waals surface area contributed by atoms with Gasteiger partial charge in [0.05, 0.1) is 17.2 Å². The molecule has 6 nitrogen and oxygen atoms in total. The molecule has 1 aromatic carbocycles. The number of nitrogens with one attached hydrogen (secondary N) is 1. The highest BCUT2D eigenvalue weighted by Gasteiger charge is 2.28. The third-order valence-electron chi connectivity index (χ3n) is 5.03. The molecular formula is C22H28Cl2N2O4S. The lowest BCUT2D eigenvalue weighted by Crippen LogP contribution is -2.46. The van der Waals surface area contributed by atoms with Gasteiger partial charge in [-0.2, -0.15) is 0 Å². The highest BCUT2D eigenvalue weighted by Crippen LogP contribution is 2.36. The van der Waals surface area contributed by atoms with Crippen molar-refractivity contribution in [3.63, 3.8) is 0 Å². The van der Waals surface area contributed by atoms with Crippen molar-refractivity contribution < 1.29 is 19.1 Å². The number of hydrogen-bond donors (Lipinski definition) is 1. The molecule has 1 heterocycles. The molecule has 1 aromatic rings. The second kappa shape index (κ2) is 12.4. The molecule has 0 unspecified atom stereocenters. The first-order chi connectivity index (χ1) is 14.8. The summed E-state index contributed by atoms with van der Waals surface area (Å²) in [6.45, 7) is 4.62. The van der Waals surface area contributed by atoms with Crippen LogP contribution in [0.1, 0.15) is 38.7 Å². The molecule has 0 radical (unpaired) electrons. The fourth-order valence-electron chi connectivity index (χ4n) is 3.19. The molecule has 0 bridgehead atoms. The first-order valence-corrected chi connectivity index (χ1v) is 12.0. The van der Waals surface area contributed by atoms with Crippen LogP contribution in [0.15, 0.2) is 23.1 Å². The van der Waals surface area contributed by atoms with Crippen LogP contribution in [0, 0.1) is 5.92 Å². The Hall–Kier alpha value is -1.70. The van der Waals surface area contributed by atoms with E-state index in [9.17, 15) is 14.4 Å². The number of ether oxygens (including phenoxy) is 1. The Morgan fingerprint density at radius 2 is 1.94 bits per heavy atom. The minimum atomic E-state index is -0.691. The number of nitrogens with zero attached hydrogens (tertiary/aromatic N) is 1. The van der Waals surface area contributed by atoms with Crippen LogP contribution in [0.2, 0.25) is 10.0 Å². The van der Waals surface area contributed by atoms with Crippen LogP contribution in [-0.2, 0) is 19.1 Å². The lowest BCUT2D eigenvalue weighted by molar-refractivity contribution is -0.145. The largest absolute Gasteiger partial charge is 0.467 e. The van der Waals surface area contributed by atoms with Crippen LogP contribution in [0.5, 0.6) is 0 Å². The van der Waals surface area contributed by atoms with Crippen LogP contribution >= 0.6 is 35.0 Å². The maximum atomic E-state index is 12.6. The van der Waals surface area contributed by atoms with Crippen molar-refractivity contribution in [1.82, 2.24) is 10.2 Å². The Labute approximate surface area is 197 Å². The number of rotatable bonds is 8. The highest BCUT2D eigenvalue weighted by atomic mass is 35.5. The average Bonchev–Trinajstić information content (AvgIpc) is 2.78. The van der Waals surface area contributed by atoms with Gasteiger partial charge in [0.25, 0.3) is 0 Å². The molecule has 0 aromatic heterocycles. The quantitative estimate of drug-likeness (QED) is 0.334. The zero-order valence-corrected chi connectivity index (χ0v) is 20.3. The summed E-state index contributed by atoms with van der Waals surface area (Å²) in [6, 6.07) is 3.08. The van der Waals surface area contributed by atoms with Crippen LogP contribution in [0.4, 0.5) is 0 Å². The van der Waals surface area contributed by atoms with Gasteiger partial charge >= 0.3 is 5.97 Å². The van der Waals surface area contributed by atoms with E-state index in [1.807, 2.05) is 12.1 Å². The highest BCUT2D eigenvalue weighted by molar-refractivity contribution is 7.99. The van der Waals surface area contributed by atoms with Gasteiger partial charge in [-0.15, -0.1) is 11.8 Å². The second-order valence-corrected chi connectivity index (χ2v) is 9.21. The molecule has 31 heavy (non-hydrogen) atoms. The van der Waals surface area contributed by atoms with Gasteiger partial charge in [0, 0.05) is 30.0 Å². The molecule has 9 heteroatoms. The van der Waals surface area contributed by atoms with E-state index in [1.54, 1.807) is 29.7 Å². The molecule has 1 aliphatic rings. The number of carbonyl (C=O) groups excluding carboxylic acids is 3. The molecule has 1 N–H and O–H groups in total. The lowest BCUT2D eigenvalue weighted by atomic mass is 9.95. The summed E-state index contributed by atoms with van der Waals surface area (Å²) < 4.78 is 4.62. The average molecular weight is 487 g/mol. The molecule has 1 atom stereocenters. The summed E-state index contributed by atoms with van der Waals surface area (Å²) >= 11 is 14.4. The van der Waals surface area contributed by atoms with Gasteiger partial charge in [0.1, 0.15) is 6.04 Å². The Morgan fingerprint density at radius 1 is 1.26 bits per heavy atom. The SMILES string of the molecule is CCCSc1ccc(/C=C/C(=O)N2CCC(C(=O)N[C@@H](C)C(=O)OC)CC2)c(Cl)c1Cl. The summed E-state index contributed by atoms with van der Waals surface area (Å²) in [5.41, 5.74) is 0.687. The fourth-order valence-corrected chi connectivity index (χ4v) is 4.63. The zero-order valence-electron chi connectivity index (χ0n) is 18.0. The van der Waals surface area contributed by atoms with E-state index in [-0.39, 0.29) is 17.7 Å². The number of hydrogen-bond acceptors (Lipinski definition) is 5. The minimum absolute atomic E-state index is 0.140. The maximum Gasteiger partial charge on any atom is 0.328 e. The Kier molecular flexibility index (Phi) is 10.2. The van der Waals surface area contributed by atoms with Gasteiger partial charge in [-0.05, 0) is 49.6 Å². The Balaban J connectivity index is 1.90. The monoisotopic (exact) mass is 486 g/mol. The van der Waals surface area contributed by atoms with E-state index in [1.165, 1.54) is 13.2 Å². The van der Waals surface area contributed by atoms with Crippen LogP contribution < -0.4 is 5.32 Å². The standard InChI is InChI=1S/C22H28Cl2N2O4S/c1-4-13-31-17-7-5-15(19(23)20(17)24)6-8-18(27)26-11-9-16(10-12-26)21(28)25-14(2)22(29)30-3/h5-8,14,16H,4,9-13H2,1-3H3,(H,25,28)/b8-6+/t14-/m0/s1. The predicted molar refractivity (Wildman–Crippen MR) is 125 cm³/mol. The molecule has 1 aliphatic heterocycles. The number of carbonyl (C=O) groups is 3. The first kappa shape index (κ1) is 25.6. The number of benzene rings is 1. The van der Waals surface area contributed by atoms with E-state index in [0.717, 1.165) is 17.1 Å². The Bertz CT molecular complexity index is 839. The molecule has 1 fully saturated rings. The normalized spacial score (nSPS) is 15.7. The molecule has 2 rings (SSSR count). The van der Waals surface area contributed by atoms with Crippen molar-refractivity contribution in [2.75, 3.05) is 26.0 Å². The van der Waals surface area contributed by atoms with E-state index in [2.05, 4.69) is 17.0 Å². The summed E-state index contributed by atoms with van der Waals surface area (Å²) in [4.78, 5) is 39.0. The third-order valence-corrected chi connectivity index (χ3v) is 7.31. The maximum absolute atomic E-state index is 12.6. The molecule has 170 valence electrons. The summed E-state index contributed by atoms with van der Waals surface area (Å²) in [6.07, 6.45) is 5.26. The fraction of sp³-hybridized carbons (Fsp3) is 0.500. The van der Waals surface area contributed by atoms with Gasteiger partial charge in [-0.1, -0.05) is 36.2 Å². The van der Waals surface area contributed by atoms with E-state index >= 15 is 0 Å². The van der Waals surface area contributed by atoms with Gasteiger partial charge in [-0.3, -0.25) is 9.59 Å². The summed E-state index contributed by atoms with van der Waals surface area (Å²) in [5.74, 6) is -0.0935. The van der Waals surface area contributed by atoms with E-state index in [0.29, 0.717) is 41.5 Å². The topological polar surface area (TPSA) is 75.7 Å². The second-order valence-electron chi connectivity index (χ2n) is 7.32. The van der Waals surface area contributed by atoms with Crippen molar-refractivity contribution in [2.24, 2.45) is 5.92 Å². The lowest BCUT2D eigenvalue weighted by Gasteiger charge is -2.31. The van der Waals surface area contributed by atoms with Gasteiger partial charge in [-0.25, -0.2) is 4.79 Å². The van der Waals surface area contributed by atoms with Crippen LogP contribution in [0.3, 0.4) is 0 Å². The molecule has 0 saturated carbocycles. The Morgan fingerprint density at radius 3 is 2.55 bits per heavy atom. The van der Waals surface area contributed by atoms with Gasteiger partial charge < -0.3 is 15.0 Å². The zero-order chi connectivity index (χ0) is 23.0. The number of likely N-dealkylation sites (tertiary alicyclic amines) is 1. The van der Waals surface area contributed by atoms with Crippen molar-refractivity contribution in [1.29, 1.82) is 0 Å². The molecule has 0 aliphatic carbocycles. The number of thioether (sulfide) groups is 1. The third kappa shape index (κ3) is 7.16. The van der Waals surface area contributed by atoms with Crippen LogP contribution in [-0.4, -0.2) is 54.7 Å². The smallest absolute Gasteiger partial charge is 0.328 e. The summed E-state index contributed by atoms with van der Waals surface area (Å²) in [7, 11) is 1.28. The van der Waals surface area contributed by atoms with Crippen molar-refractivity contribution in [2.45, 2.75) is 44.0 Å².